The van der Waals surface area contributed by atoms with Crippen molar-refractivity contribution >= 4 is 38.9 Å². The number of amides is 1. The minimum atomic E-state index is -3.52. The molecule has 0 saturated heterocycles. The first kappa shape index (κ1) is 24.8. The van der Waals surface area contributed by atoms with Crippen LogP contribution in [0.15, 0.2) is 53.4 Å². The summed E-state index contributed by atoms with van der Waals surface area (Å²) in [5.41, 5.74) is 0.990. The Bertz CT molecular complexity index is 1000. The molecule has 0 spiro atoms. The molecule has 0 aliphatic rings. The smallest absolute Gasteiger partial charge is 0.257 e. The maximum absolute atomic E-state index is 12.6. The zero-order valence-electron chi connectivity index (χ0n) is 18.2. The van der Waals surface area contributed by atoms with E-state index < -0.39 is 10.0 Å². The van der Waals surface area contributed by atoms with Crippen LogP contribution in [0.3, 0.4) is 0 Å². The second kappa shape index (κ2) is 11.2. The van der Waals surface area contributed by atoms with Crippen LogP contribution in [0.1, 0.15) is 38.1 Å². The number of nitrogens with one attached hydrogen (secondary N) is 2. The molecule has 2 aromatic rings. The van der Waals surface area contributed by atoms with Gasteiger partial charge in [-0.2, -0.15) is 4.31 Å². The molecule has 9 heteroatoms. The van der Waals surface area contributed by atoms with Gasteiger partial charge in [0.2, 0.25) is 10.0 Å². The van der Waals surface area contributed by atoms with Crippen LogP contribution in [0.2, 0.25) is 0 Å². The van der Waals surface area contributed by atoms with Crippen LogP contribution >= 0.6 is 12.2 Å². The molecule has 7 nitrogen and oxygen atoms in total. The van der Waals surface area contributed by atoms with Gasteiger partial charge in [-0.25, -0.2) is 8.42 Å². The van der Waals surface area contributed by atoms with Crippen molar-refractivity contribution in [1.29, 1.82) is 0 Å². The van der Waals surface area contributed by atoms with Crippen molar-refractivity contribution in [1.82, 2.24) is 9.62 Å². The van der Waals surface area contributed by atoms with E-state index in [-0.39, 0.29) is 15.9 Å². The quantitative estimate of drug-likeness (QED) is 0.549. The Morgan fingerprint density at radius 2 is 1.74 bits per heavy atom. The van der Waals surface area contributed by atoms with Crippen LogP contribution in [-0.4, -0.2) is 43.4 Å². The Kier molecular flexibility index (Phi) is 8.97. The summed E-state index contributed by atoms with van der Waals surface area (Å²) in [6.07, 6.45) is 0. The average Bonchev–Trinajstić information content (AvgIpc) is 2.73. The van der Waals surface area contributed by atoms with Gasteiger partial charge < -0.3 is 10.1 Å². The molecule has 1 amide bonds. The lowest BCUT2D eigenvalue weighted by molar-refractivity contribution is 0.0977. The fraction of sp³-hybridized carbons (Fsp3) is 0.364. The average molecular weight is 464 g/mol. The molecule has 0 saturated carbocycles. The van der Waals surface area contributed by atoms with E-state index in [1.807, 2.05) is 13.8 Å². The number of carbonyl (C=O) groups is 1. The van der Waals surface area contributed by atoms with Gasteiger partial charge in [0.25, 0.3) is 5.91 Å². The van der Waals surface area contributed by atoms with Crippen molar-refractivity contribution in [3.63, 3.8) is 0 Å². The maximum Gasteiger partial charge on any atom is 0.257 e. The largest absolute Gasteiger partial charge is 0.493 e. The lowest BCUT2D eigenvalue weighted by atomic mass is 10.2. The van der Waals surface area contributed by atoms with Crippen LogP contribution < -0.4 is 15.4 Å². The van der Waals surface area contributed by atoms with Crippen LogP contribution in [0.4, 0.5) is 5.69 Å². The Labute approximate surface area is 189 Å². The third-order valence-electron chi connectivity index (χ3n) is 4.36. The Morgan fingerprint density at radius 3 is 2.32 bits per heavy atom. The van der Waals surface area contributed by atoms with E-state index >= 15 is 0 Å². The van der Waals surface area contributed by atoms with E-state index in [1.165, 1.54) is 16.4 Å². The summed E-state index contributed by atoms with van der Waals surface area (Å²) in [5.74, 6) is 0.626. The summed E-state index contributed by atoms with van der Waals surface area (Å²) in [6.45, 7) is 9.05. The normalized spacial score (nSPS) is 11.4. The number of hydrogen-bond donors (Lipinski definition) is 2. The number of benzene rings is 2. The molecular weight excluding hydrogens is 434 g/mol. The predicted molar refractivity (Wildman–Crippen MR) is 127 cm³/mol. The van der Waals surface area contributed by atoms with Crippen LogP contribution in [0.25, 0.3) is 0 Å². The summed E-state index contributed by atoms with van der Waals surface area (Å²) in [7, 11) is -3.52. The summed E-state index contributed by atoms with van der Waals surface area (Å²) in [6, 6.07) is 13.1. The summed E-state index contributed by atoms with van der Waals surface area (Å²) >= 11 is 5.22. The number of hydrogen-bond acceptors (Lipinski definition) is 5. The van der Waals surface area contributed by atoms with Crippen molar-refractivity contribution in [3.05, 3.63) is 54.1 Å². The highest BCUT2D eigenvalue weighted by atomic mass is 32.2. The van der Waals surface area contributed by atoms with Gasteiger partial charge in [-0.3, -0.25) is 10.1 Å². The Morgan fingerprint density at radius 1 is 1.10 bits per heavy atom. The molecule has 0 radical (unpaired) electrons. The Hall–Kier alpha value is -2.49. The molecule has 2 N–H and O–H groups in total. The van der Waals surface area contributed by atoms with Crippen LogP contribution in [0.5, 0.6) is 5.75 Å². The molecule has 0 atom stereocenters. The number of ether oxygens (including phenoxy) is 1. The molecule has 2 rings (SSSR count). The van der Waals surface area contributed by atoms with E-state index in [0.29, 0.717) is 42.6 Å². The third kappa shape index (κ3) is 7.02. The van der Waals surface area contributed by atoms with Gasteiger partial charge >= 0.3 is 0 Å². The molecular formula is C22H29N3O4S2. The van der Waals surface area contributed by atoms with Crippen molar-refractivity contribution < 1.29 is 17.9 Å². The fourth-order valence-electron chi connectivity index (χ4n) is 2.75. The molecule has 0 unspecified atom stereocenters. The van der Waals surface area contributed by atoms with Crippen molar-refractivity contribution in [3.8, 4) is 5.75 Å². The minimum absolute atomic E-state index is 0.109. The van der Waals surface area contributed by atoms with Crippen LogP contribution in [-0.2, 0) is 10.0 Å². The highest BCUT2D eigenvalue weighted by Crippen LogP contribution is 2.18. The molecule has 0 aliphatic heterocycles. The standard InChI is InChI=1S/C22H29N3O4S2/c1-5-25(6-2)31(27,28)20-12-10-18(11-13-20)23-22(30)24-21(26)17-8-7-9-19(14-17)29-15-16(3)4/h7-14,16H,5-6,15H2,1-4H3,(H2,23,24,26,30). The van der Waals surface area contributed by atoms with Gasteiger partial charge in [0, 0.05) is 24.3 Å². The molecule has 0 heterocycles. The zero-order chi connectivity index (χ0) is 23.0. The summed E-state index contributed by atoms with van der Waals surface area (Å²) in [4.78, 5) is 12.7. The number of thiocarbonyl (C=S) groups is 1. The molecule has 0 fully saturated rings. The number of carbonyl (C=O) groups excluding carboxylic acids is 1. The topological polar surface area (TPSA) is 87.7 Å². The van der Waals surface area contributed by atoms with Gasteiger partial charge in [-0.15, -0.1) is 0 Å². The molecule has 0 aromatic heterocycles. The predicted octanol–water partition coefficient (Wildman–Crippen LogP) is 3.88. The van der Waals surface area contributed by atoms with Crippen LogP contribution in [0, 0.1) is 5.92 Å². The summed E-state index contributed by atoms with van der Waals surface area (Å²) < 4.78 is 32.1. The monoisotopic (exact) mass is 463 g/mol. The number of sulfonamides is 1. The SMILES string of the molecule is CCN(CC)S(=O)(=O)c1ccc(NC(=S)NC(=O)c2cccc(OCC(C)C)c2)cc1. The van der Waals surface area contributed by atoms with Gasteiger partial charge in [0.15, 0.2) is 5.11 Å². The first-order chi connectivity index (χ1) is 14.7. The first-order valence-corrected chi connectivity index (χ1v) is 12.0. The maximum atomic E-state index is 12.6. The van der Waals surface area contributed by atoms with E-state index in [9.17, 15) is 13.2 Å². The number of nitrogens with zero attached hydrogens (tertiary/aromatic N) is 1. The Balaban J connectivity index is 2.00. The summed E-state index contributed by atoms with van der Waals surface area (Å²) in [5, 5.41) is 5.62. The van der Waals surface area contributed by atoms with E-state index in [4.69, 9.17) is 17.0 Å². The molecule has 168 valence electrons. The van der Waals surface area contributed by atoms with Gasteiger partial charge in [0.05, 0.1) is 11.5 Å². The first-order valence-electron chi connectivity index (χ1n) is 10.1. The number of rotatable bonds is 9. The van der Waals surface area contributed by atoms with Crippen molar-refractivity contribution in [2.24, 2.45) is 5.92 Å². The third-order valence-corrected chi connectivity index (χ3v) is 6.63. The molecule has 0 aliphatic carbocycles. The van der Waals surface area contributed by atoms with Gasteiger partial charge in [-0.05, 0) is 60.6 Å². The van der Waals surface area contributed by atoms with E-state index in [0.717, 1.165) is 0 Å². The van der Waals surface area contributed by atoms with Crippen molar-refractivity contribution in [2.75, 3.05) is 25.0 Å². The van der Waals surface area contributed by atoms with Gasteiger partial charge in [0.1, 0.15) is 5.75 Å². The van der Waals surface area contributed by atoms with Gasteiger partial charge in [-0.1, -0.05) is 33.8 Å². The van der Waals surface area contributed by atoms with E-state index in [1.54, 1.807) is 50.2 Å². The lowest BCUT2D eigenvalue weighted by Crippen LogP contribution is -2.34. The minimum Gasteiger partial charge on any atom is -0.493 e. The number of anilines is 1. The van der Waals surface area contributed by atoms with E-state index in [2.05, 4.69) is 10.6 Å². The molecule has 31 heavy (non-hydrogen) atoms. The van der Waals surface area contributed by atoms with Crippen molar-refractivity contribution in [2.45, 2.75) is 32.6 Å². The molecule has 2 aromatic carbocycles. The zero-order valence-corrected chi connectivity index (χ0v) is 19.8. The second-order valence-corrected chi connectivity index (χ2v) is 9.60. The molecule has 0 bridgehead atoms. The highest BCUT2D eigenvalue weighted by molar-refractivity contribution is 7.89. The lowest BCUT2D eigenvalue weighted by Gasteiger charge is -2.18. The highest BCUT2D eigenvalue weighted by Gasteiger charge is 2.21. The fourth-order valence-corrected chi connectivity index (χ4v) is 4.42. The second-order valence-electron chi connectivity index (χ2n) is 7.25.